The fraction of sp³-hybridized carbons (Fsp3) is 0.278. The molecule has 0 aliphatic carbocycles. The molecule has 0 amide bonds. The zero-order chi connectivity index (χ0) is 18.6. The van der Waals surface area contributed by atoms with Gasteiger partial charge in [-0.05, 0) is 25.5 Å². The van der Waals surface area contributed by atoms with Gasteiger partial charge in [-0.25, -0.2) is 4.79 Å². The Morgan fingerprint density at radius 3 is 2.36 bits per heavy atom. The summed E-state index contributed by atoms with van der Waals surface area (Å²) in [5.74, 6) is -1.45. The molecule has 0 fully saturated rings. The van der Waals surface area contributed by atoms with Gasteiger partial charge in [0.05, 0.1) is 36.8 Å². The minimum atomic E-state index is -0.631. The highest BCUT2D eigenvalue weighted by atomic mass is 35.5. The van der Waals surface area contributed by atoms with Crippen LogP contribution in [0.5, 0.6) is 0 Å². The van der Waals surface area contributed by atoms with Crippen molar-refractivity contribution in [1.82, 2.24) is 4.98 Å². The van der Waals surface area contributed by atoms with Crippen LogP contribution in [0, 0.1) is 6.92 Å². The molecule has 0 unspecified atom stereocenters. The van der Waals surface area contributed by atoms with Gasteiger partial charge in [-0.1, -0.05) is 23.7 Å². The van der Waals surface area contributed by atoms with Gasteiger partial charge in [0, 0.05) is 17.0 Å². The van der Waals surface area contributed by atoms with Crippen molar-refractivity contribution in [3.05, 3.63) is 57.4 Å². The van der Waals surface area contributed by atoms with Crippen molar-refractivity contribution in [3.8, 4) is 0 Å². The first-order chi connectivity index (χ1) is 11.9. The lowest BCUT2D eigenvalue weighted by Crippen LogP contribution is -2.13. The van der Waals surface area contributed by atoms with Crippen LogP contribution >= 0.6 is 11.6 Å². The molecule has 0 saturated heterocycles. The Morgan fingerprint density at radius 2 is 1.76 bits per heavy atom. The van der Waals surface area contributed by atoms with E-state index < -0.39 is 17.7 Å². The molecule has 0 saturated carbocycles. The van der Waals surface area contributed by atoms with E-state index in [1.807, 2.05) is 0 Å². The van der Waals surface area contributed by atoms with Crippen molar-refractivity contribution < 1.29 is 23.9 Å². The first-order valence-corrected chi connectivity index (χ1v) is 7.94. The fourth-order valence-electron chi connectivity index (χ4n) is 2.59. The molecule has 0 bridgehead atoms. The van der Waals surface area contributed by atoms with E-state index in [0.717, 1.165) is 0 Å². The van der Waals surface area contributed by atoms with E-state index in [0.29, 0.717) is 11.4 Å². The topological polar surface area (TPSA) is 85.5 Å². The van der Waals surface area contributed by atoms with Crippen LogP contribution in [-0.4, -0.2) is 36.9 Å². The van der Waals surface area contributed by atoms with Gasteiger partial charge in [0.25, 0.3) is 0 Å². The summed E-state index contributed by atoms with van der Waals surface area (Å²) in [6.45, 7) is 1.66. The van der Waals surface area contributed by atoms with Gasteiger partial charge in [0.2, 0.25) is 0 Å². The highest BCUT2D eigenvalue weighted by molar-refractivity contribution is 6.35. The van der Waals surface area contributed by atoms with Gasteiger partial charge in [0.15, 0.2) is 5.78 Å². The number of methoxy groups -OCH3 is 2. The molecule has 2 rings (SSSR count). The summed E-state index contributed by atoms with van der Waals surface area (Å²) in [5, 5.41) is 0.279. The second-order valence-electron chi connectivity index (χ2n) is 5.36. The number of nitrogens with one attached hydrogen (secondary N) is 1. The van der Waals surface area contributed by atoms with Crippen molar-refractivity contribution in [1.29, 1.82) is 0 Å². The first kappa shape index (κ1) is 18.7. The predicted octanol–water partition coefficient (Wildman–Crippen LogP) is 3.10. The van der Waals surface area contributed by atoms with Crippen LogP contribution in [0.3, 0.4) is 0 Å². The summed E-state index contributed by atoms with van der Waals surface area (Å²) in [5.41, 5.74) is 1.54. The third-order valence-electron chi connectivity index (χ3n) is 3.81. The number of esters is 2. The highest BCUT2D eigenvalue weighted by Gasteiger charge is 2.28. The van der Waals surface area contributed by atoms with Gasteiger partial charge in [-0.2, -0.15) is 0 Å². The first-order valence-electron chi connectivity index (χ1n) is 7.56. The number of halogens is 1. The summed E-state index contributed by atoms with van der Waals surface area (Å²) in [7, 11) is 2.53. The Hall–Kier alpha value is -2.60. The molecular formula is C18H18ClNO5. The summed E-state index contributed by atoms with van der Waals surface area (Å²) in [6.07, 6.45) is 0.288. The Bertz CT molecular complexity index is 825. The monoisotopic (exact) mass is 363 g/mol. The quantitative estimate of drug-likeness (QED) is 0.629. The van der Waals surface area contributed by atoms with Crippen molar-refractivity contribution >= 4 is 29.3 Å². The molecule has 132 valence electrons. The van der Waals surface area contributed by atoms with Gasteiger partial charge in [0.1, 0.15) is 0 Å². The molecule has 0 radical (unpaired) electrons. The van der Waals surface area contributed by atoms with E-state index >= 15 is 0 Å². The number of ether oxygens (including phenoxy) is 2. The normalized spacial score (nSPS) is 10.4. The molecule has 0 atom stereocenters. The molecular weight excluding hydrogens is 346 g/mol. The van der Waals surface area contributed by atoms with Crippen molar-refractivity contribution in [2.75, 3.05) is 14.2 Å². The third-order valence-corrected chi connectivity index (χ3v) is 4.14. The summed E-state index contributed by atoms with van der Waals surface area (Å²) < 4.78 is 9.43. The number of aryl methyl sites for hydroxylation is 2. The largest absolute Gasteiger partial charge is 0.469 e. The lowest BCUT2D eigenvalue weighted by atomic mass is 9.97. The highest BCUT2D eigenvalue weighted by Crippen LogP contribution is 2.27. The number of ketones is 1. The molecule has 6 nitrogen and oxygen atoms in total. The average molecular weight is 364 g/mol. The van der Waals surface area contributed by atoms with Gasteiger partial charge < -0.3 is 14.5 Å². The number of benzene rings is 1. The van der Waals surface area contributed by atoms with Crippen LogP contribution in [0.15, 0.2) is 24.3 Å². The number of aromatic nitrogens is 1. The minimum absolute atomic E-state index is 0.0693. The molecule has 7 heteroatoms. The molecule has 1 N–H and O–H groups in total. The smallest absolute Gasteiger partial charge is 0.340 e. The number of hydrogen-bond donors (Lipinski definition) is 1. The van der Waals surface area contributed by atoms with Crippen LogP contribution in [0.4, 0.5) is 0 Å². The van der Waals surface area contributed by atoms with E-state index in [4.69, 9.17) is 16.3 Å². The van der Waals surface area contributed by atoms with Crippen molar-refractivity contribution in [2.45, 2.75) is 19.8 Å². The summed E-state index contributed by atoms with van der Waals surface area (Å²) in [4.78, 5) is 39.6. The molecule has 2 aromatic rings. The maximum atomic E-state index is 13.0. The minimum Gasteiger partial charge on any atom is -0.469 e. The molecule has 25 heavy (non-hydrogen) atoms. The Labute approximate surface area is 150 Å². The molecule has 1 heterocycles. The van der Waals surface area contributed by atoms with Crippen LogP contribution in [0.1, 0.15) is 44.1 Å². The second kappa shape index (κ2) is 7.98. The summed E-state index contributed by atoms with van der Waals surface area (Å²) >= 11 is 6.12. The van der Waals surface area contributed by atoms with Crippen LogP contribution in [0.25, 0.3) is 0 Å². The number of rotatable bonds is 6. The molecule has 1 aromatic heterocycles. The van der Waals surface area contributed by atoms with Gasteiger partial charge in [-0.3, -0.25) is 9.59 Å². The number of H-pyrrole nitrogens is 1. The van der Waals surface area contributed by atoms with Gasteiger partial charge in [-0.15, -0.1) is 0 Å². The standard InChI is InChI=1S/C18H18ClNO5/c1-10-15(18(23)25-3)16(13(20-10)8-9-14(21)24-2)17(22)11-6-4-5-7-12(11)19/h4-7,20H,8-9H2,1-3H3. The van der Waals surface area contributed by atoms with E-state index in [1.54, 1.807) is 31.2 Å². The lowest BCUT2D eigenvalue weighted by molar-refractivity contribution is -0.140. The number of carbonyl (C=O) groups is 3. The van der Waals surface area contributed by atoms with Crippen LogP contribution < -0.4 is 0 Å². The predicted molar refractivity (Wildman–Crippen MR) is 92.1 cm³/mol. The zero-order valence-electron chi connectivity index (χ0n) is 14.1. The number of hydrogen-bond acceptors (Lipinski definition) is 5. The van der Waals surface area contributed by atoms with Crippen LogP contribution in [0.2, 0.25) is 5.02 Å². The SMILES string of the molecule is COC(=O)CCc1[nH]c(C)c(C(=O)OC)c1C(=O)c1ccccc1Cl. The van der Waals surface area contributed by atoms with E-state index in [-0.39, 0.29) is 34.6 Å². The Morgan fingerprint density at radius 1 is 1.08 bits per heavy atom. The van der Waals surface area contributed by atoms with E-state index in [9.17, 15) is 14.4 Å². The van der Waals surface area contributed by atoms with Crippen LogP contribution in [-0.2, 0) is 20.7 Å². The van der Waals surface area contributed by atoms with E-state index in [2.05, 4.69) is 9.72 Å². The Kier molecular flexibility index (Phi) is 5.98. The summed E-state index contributed by atoms with van der Waals surface area (Å²) in [6, 6.07) is 6.57. The lowest BCUT2D eigenvalue weighted by Gasteiger charge is -2.08. The molecule has 1 aromatic carbocycles. The fourth-order valence-corrected chi connectivity index (χ4v) is 2.82. The van der Waals surface area contributed by atoms with Crippen molar-refractivity contribution in [2.24, 2.45) is 0 Å². The third kappa shape index (κ3) is 3.91. The van der Waals surface area contributed by atoms with Crippen molar-refractivity contribution in [3.63, 3.8) is 0 Å². The number of aromatic amines is 1. The number of carbonyl (C=O) groups excluding carboxylic acids is 3. The van der Waals surface area contributed by atoms with Gasteiger partial charge >= 0.3 is 11.9 Å². The molecule has 0 aliphatic heterocycles. The zero-order valence-corrected chi connectivity index (χ0v) is 14.9. The maximum Gasteiger partial charge on any atom is 0.340 e. The molecule has 0 aliphatic rings. The van der Waals surface area contributed by atoms with E-state index in [1.165, 1.54) is 14.2 Å². The average Bonchev–Trinajstić information content (AvgIpc) is 2.95. The maximum absolute atomic E-state index is 13.0. The Balaban J connectivity index is 2.55. The second-order valence-corrected chi connectivity index (χ2v) is 5.76. The molecule has 0 spiro atoms.